The molecule has 0 radical (unpaired) electrons. The molecule has 4 aromatic rings. The largest absolute Gasteiger partial charge is 0.465 e. The molecule has 6 rings (SSSR count). The zero-order chi connectivity index (χ0) is 38.5. The van der Waals surface area contributed by atoms with E-state index in [4.69, 9.17) is 24.5 Å². The predicted molar refractivity (Wildman–Crippen MR) is 198 cm³/mol. The Bertz CT molecular complexity index is 1880. The van der Waals surface area contributed by atoms with Crippen LogP contribution in [0.4, 0.5) is 11.8 Å². The number of fused-ring (bicyclic) bond motifs is 1. The van der Waals surface area contributed by atoms with Crippen molar-refractivity contribution in [3.05, 3.63) is 78.1 Å². The van der Waals surface area contributed by atoms with Crippen molar-refractivity contribution in [2.24, 2.45) is 0 Å². The summed E-state index contributed by atoms with van der Waals surface area (Å²) in [6, 6.07) is 15.9. The first-order valence-electron chi connectivity index (χ1n) is 17.9. The lowest BCUT2D eigenvalue weighted by Crippen LogP contribution is -2.47. The first kappa shape index (κ1) is 39.2. The lowest BCUT2D eigenvalue weighted by atomic mass is 9.96. The normalized spacial score (nSPS) is 22.5. The lowest BCUT2D eigenvalue weighted by molar-refractivity contribution is -0.145. The molecule has 54 heavy (non-hydrogen) atoms. The molecule has 18 heteroatoms. The summed E-state index contributed by atoms with van der Waals surface area (Å²) in [6.07, 6.45) is -0.604. The van der Waals surface area contributed by atoms with Gasteiger partial charge < -0.3 is 40.0 Å². The summed E-state index contributed by atoms with van der Waals surface area (Å²) in [6.45, 7) is 4.23. The lowest BCUT2D eigenvalue weighted by Gasteiger charge is -2.30. The van der Waals surface area contributed by atoms with Gasteiger partial charge in [0.2, 0.25) is 5.95 Å². The molecule has 1 unspecified atom stereocenters. The fourth-order valence-corrected chi connectivity index (χ4v) is 8.05. The summed E-state index contributed by atoms with van der Waals surface area (Å²) in [5, 5.41) is 32.0. The standard InChI is InChI=1S/C36H47N8O9P/c1-4-50-32(46)25(18-22-12-8-6-9-13-22)42-54(49,43-26(33(47)51-5-2)19-23-14-10-7-11-15-23)52-20-27-29(45)36(3,48)34(53-27)44-21-38-28-30(39-24-16-17-24)40-35(37)41-31(28)44/h6-15,21,24-27,29,34,45,48H,4-5,16-20H2,1-3H3,(H2,42,43,49)(H3,37,39,40,41)/t25-,26-,27+,29?,34+,36-/m0/s1. The number of nitrogens with zero attached hydrogens (tertiary/aromatic N) is 4. The van der Waals surface area contributed by atoms with E-state index in [1.165, 1.54) is 17.8 Å². The molecule has 2 aromatic heterocycles. The van der Waals surface area contributed by atoms with E-state index < -0.39 is 62.3 Å². The average molecular weight is 767 g/mol. The molecule has 0 spiro atoms. The number of nitrogen functional groups attached to an aromatic ring is 1. The minimum absolute atomic E-state index is 0.0260. The van der Waals surface area contributed by atoms with Crippen LogP contribution in [0, 0.1) is 0 Å². The molecule has 3 heterocycles. The Kier molecular flexibility index (Phi) is 12.3. The van der Waals surface area contributed by atoms with Crippen molar-refractivity contribution < 1.29 is 43.1 Å². The van der Waals surface area contributed by atoms with Crippen LogP contribution in [0.15, 0.2) is 67.0 Å². The molecule has 290 valence electrons. The van der Waals surface area contributed by atoms with Crippen LogP contribution in [-0.2, 0) is 45.7 Å². The SMILES string of the molecule is CCOC(=O)[C@H](Cc1ccccc1)NP(=O)(N[C@@H](Cc1ccccc1)C(=O)OCC)OC[C@H]1O[C@@H](n2cnc3c(NC4CC4)nc(N)nc32)[C@@](C)(O)C1O. The smallest absolute Gasteiger partial charge is 0.342 e. The van der Waals surface area contributed by atoms with Crippen LogP contribution in [0.3, 0.4) is 0 Å². The van der Waals surface area contributed by atoms with Crippen molar-refractivity contribution in [1.82, 2.24) is 29.7 Å². The van der Waals surface area contributed by atoms with Crippen LogP contribution < -0.4 is 21.2 Å². The molecule has 1 aliphatic heterocycles. The molecule has 17 nitrogen and oxygen atoms in total. The van der Waals surface area contributed by atoms with Crippen molar-refractivity contribution in [2.45, 2.75) is 88.6 Å². The molecule has 0 amide bonds. The number of nitrogens with one attached hydrogen (secondary N) is 3. The van der Waals surface area contributed by atoms with Gasteiger partial charge in [-0.25, -0.2) is 15.2 Å². The highest BCUT2D eigenvalue weighted by atomic mass is 31.2. The van der Waals surface area contributed by atoms with Gasteiger partial charge in [0.15, 0.2) is 23.2 Å². The average Bonchev–Trinajstić information content (AvgIpc) is 3.82. The Hall–Kier alpha value is -4.48. The fraction of sp³-hybridized carbons (Fsp3) is 0.472. The predicted octanol–water partition coefficient (Wildman–Crippen LogP) is 2.64. The van der Waals surface area contributed by atoms with Crippen molar-refractivity contribution in [1.29, 1.82) is 0 Å². The second-order valence-electron chi connectivity index (χ2n) is 13.5. The first-order chi connectivity index (χ1) is 25.9. The van der Waals surface area contributed by atoms with E-state index in [-0.39, 0.29) is 43.7 Å². The van der Waals surface area contributed by atoms with Gasteiger partial charge in [-0.3, -0.25) is 18.7 Å². The summed E-state index contributed by atoms with van der Waals surface area (Å²) < 4.78 is 39.4. The number of hydrogen-bond acceptors (Lipinski definition) is 14. The summed E-state index contributed by atoms with van der Waals surface area (Å²) in [4.78, 5) is 39.7. The van der Waals surface area contributed by atoms with Gasteiger partial charge in [-0.05, 0) is 57.6 Å². The number of rotatable bonds is 18. The van der Waals surface area contributed by atoms with Crippen molar-refractivity contribution >= 4 is 42.5 Å². The third-order valence-electron chi connectivity index (χ3n) is 9.14. The number of esters is 2. The summed E-state index contributed by atoms with van der Waals surface area (Å²) in [5.41, 5.74) is 6.24. The maximum Gasteiger partial charge on any atom is 0.342 e. The van der Waals surface area contributed by atoms with Crippen molar-refractivity contribution in [3.8, 4) is 0 Å². The van der Waals surface area contributed by atoms with Gasteiger partial charge in [0.25, 0.3) is 0 Å². The van der Waals surface area contributed by atoms with Crippen LogP contribution >= 0.6 is 7.67 Å². The zero-order valence-corrected chi connectivity index (χ0v) is 31.2. The number of ether oxygens (including phenoxy) is 3. The molecule has 2 aliphatic rings. The van der Waals surface area contributed by atoms with Crippen LogP contribution in [0.1, 0.15) is 51.0 Å². The maximum atomic E-state index is 15.0. The number of nitrogens with two attached hydrogens (primary N) is 1. The molecule has 1 aliphatic carbocycles. The molecule has 2 aromatic carbocycles. The van der Waals surface area contributed by atoms with Gasteiger partial charge in [-0.15, -0.1) is 0 Å². The monoisotopic (exact) mass is 766 g/mol. The Morgan fingerprint density at radius 1 is 0.981 bits per heavy atom. The molecular weight excluding hydrogens is 719 g/mol. The number of anilines is 2. The zero-order valence-electron chi connectivity index (χ0n) is 30.3. The first-order valence-corrected chi connectivity index (χ1v) is 19.6. The molecule has 1 saturated heterocycles. The quantitative estimate of drug-likeness (QED) is 0.0631. The number of carbonyl (C=O) groups excluding carboxylic acids is 2. The van der Waals surface area contributed by atoms with E-state index in [0.717, 1.165) is 24.0 Å². The van der Waals surface area contributed by atoms with Gasteiger partial charge in [0.05, 0.1) is 26.1 Å². The highest BCUT2D eigenvalue weighted by Gasteiger charge is 2.54. The van der Waals surface area contributed by atoms with Crippen LogP contribution in [0.5, 0.6) is 0 Å². The summed E-state index contributed by atoms with van der Waals surface area (Å²) in [7, 11) is -4.46. The third kappa shape index (κ3) is 9.24. The number of benzene rings is 2. The van der Waals surface area contributed by atoms with E-state index in [1.54, 1.807) is 62.4 Å². The molecule has 0 bridgehead atoms. The number of aliphatic hydroxyl groups excluding tert-OH is 1. The minimum atomic E-state index is -4.46. The van der Waals surface area contributed by atoms with Crippen LogP contribution in [-0.4, -0.2) is 97.4 Å². The fourth-order valence-electron chi connectivity index (χ4n) is 6.25. The summed E-state index contributed by atoms with van der Waals surface area (Å²) >= 11 is 0. The van der Waals surface area contributed by atoms with Crippen LogP contribution in [0.2, 0.25) is 0 Å². The van der Waals surface area contributed by atoms with Gasteiger partial charge in [0.1, 0.15) is 29.9 Å². The molecule has 1 saturated carbocycles. The Morgan fingerprint density at radius 2 is 1.54 bits per heavy atom. The minimum Gasteiger partial charge on any atom is -0.465 e. The number of hydrogen-bond donors (Lipinski definition) is 6. The van der Waals surface area contributed by atoms with Crippen molar-refractivity contribution in [2.75, 3.05) is 30.9 Å². The van der Waals surface area contributed by atoms with Gasteiger partial charge in [-0.1, -0.05) is 60.7 Å². The van der Waals surface area contributed by atoms with Gasteiger partial charge in [0, 0.05) is 6.04 Å². The maximum absolute atomic E-state index is 15.0. The Balaban J connectivity index is 1.29. The summed E-state index contributed by atoms with van der Waals surface area (Å²) in [5.74, 6) is -0.992. The van der Waals surface area contributed by atoms with Crippen molar-refractivity contribution in [3.63, 3.8) is 0 Å². The van der Waals surface area contributed by atoms with Gasteiger partial charge in [-0.2, -0.15) is 9.97 Å². The van der Waals surface area contributed by atoms with E-state index in [9.17, 15) is 24.4 Å². The number of aliphatic hydroxyl groups is 2. The van der Waals surface area contributed by atoms with E-state index in [0.29, 0.717) is 11.3 Å². The molecule has 6 atom stereocenters. The van der Waals surface area contributed by atoms with E-state index in [1.807, 2.05) is 12.1 Å². The molecule has 7 N–H and O–H groups in total. The topological polar surface area (TPSA) is 234 Å². The van der Waals surface area contributed by atoms with Gasteiger partial charge >= 0.3 is 19.6 Å². The second kappa shape index (κ2) is 16.9. The number of aromatic nitrogens is 4. The number of imidazole rings is 1. The highest BCUT2D eigenvalue weighted by molar-refractivity contribution is 7.54. The van der Waals surface area contributed by atoms with Crippen LogP contribution in [0.25, 0.3) is 11.2 Å². The van der Waals surface area contributed by atoms with E-state index >= 15 is 0 Å². The Labute approximate surface area is 312 Å². The Morgan fingerprint density at radius 3 is 2.06 bits per heavy atom. The third-order valence-corrected chi connectivity index (χ3v) is 11.0. The second-order valence-corrected chi connectivity index (χ2v) is 15.3. The number of carbonyl (C=O) groups is 2. The molecular formula is C36H47N8O9P. The molecule has 2 fully saturated rings. The highest BCUT2D eigenvalue weighted by Crippen LogP contribution is 2.45. The van der Waals surface area contributed by atoms with E-state index in [2.05, 4.69) is 30.4 Å².